The molecule has 0 radical (unpaired) electrons. The maximum atomic E-state index is 6.12. The minimum absolute atomic E-state index is 0.569. The summed E-state index contributed by atoms with van der Waals surface area (Å²) in [7, 11) is 0. The van der Waals surface area contributed by atoms with E-state index in [0.717, 1.165) is 22.6 Å². The molecule has 0 fully saturated rings. The average Bonchev–Trinajstić information content (AvgIpc) is 2.61. The van der Waals surface area contributed by atoms with Gasteiger partial charge in [0.25, 0.3) is 0 Å². The van der Waals surface area contributed by atoms with Gasteiger partial charge >= 0.3 is 0 Å². The largest absolute Gasteiger partial charge is 0.256 e. The van der Waals surface area contributed by atoms with Crippen LogP contribution in [0.5, 0.6) is 0 Å². The van der Waals surface area contributed by atoms with Crippen LogP contribution in [0.1, 0.15) is 5.56 Å². The number of azo groups is 1. The monoisotopic (exact) mass is 353 g/mol. The lowest BCUT2D eigenvalue weighted by atomic mass is 10.2. The molecule has 118 valence electrons. The van der Waals surface area contributed by atoms with Crippen LogP contribution in [-0.2, 0) is 0 Å². The SMILES string of the molecule is Clc1ccc(C=Nc2ccc(N=Nc3ccccc3)cc2)c(Cl)c1. The fraction of sp³-hybridized carbons (Fsp3) is 0. The Labute approximate surface area is 150 Å². The Kier molecular flexibility index (Phi) is 5.36. The summed E-state index contributed by atoms with van der Waals surface area (Å²) in [6, 6.07) is 22.4. The lowest BCUT2D eigenvalue weighted by Gasteiger charge is -1.99. The van der Waals surface area contributed by atoms with E-state index >= 15 is 0 Å². The van der Waals surface area contributed by atoms with E-state index in [1.807, 2.05) is 60.7 Å². The summed E-state index contributed by atoms with van der Waals surface area (Å²) in [5.74, 6) is 0. The number of hydrogen-bond acceptors (Lipinski definition) is 3. The lowest BCUT2D eigenvalue weighted by molar-refractivity contribution is 1.23. The molecule has 3 nitrogen and oxygen atoms in total. The maximum absolute atomic E-state index is 6.12. The first kappa shape index (κ1) is 16.4. The summed E-state index contributed by atoms with van der Waals surface area (Å²) in [6.45, 7) is 0. The van der Waals surface area contributed by atoms with Crippen LogP contribution in [0.25, 0.3) is 0 Å². The summed E-state index contributed by atoms with van der Waals surface area (Å²) in [6.07, 6.45) is 1.71. The van der Waals surface area contributed by atoms with Crippen molar-refractivity contribution in [3.63, 3.8) is 0 Å². The lowest BCUT2D eigenvalue weighted by Crippen LogP contribution is -1.82. The molecule has 24 heavy (non-hydrogen) atoms. The molecule has 3 aromatic rings. The van der Waals surface area contributed by atoms with E-state index < -0.39 is 0 Å². The number of benzene rings is 3. The van der Waals surface area contributed by atoms with Gasteiger partial charge in [-0.25, -0.2) is 0 Å². The van der Waals surface area contributed by atoms with Gasteiger partial charge in [-0.1, -0.05) is 47.5 Å². The molecule has 3 aromatic carbocycles. The zero-order chi connectivity index (χ0) is 16.8. The highest BCUT2D eigenvalue weighted by Gasteiger charge is 1.98. The van der Waals surface area contributed by atoms with Crippen LogP contribution in [0.4, 0.5) is 17.1 Å². The molecule has 0 aliphatic rings. The van der Waals surface area contributed by atoms with Crippen molar-refractivity contribution in [3.05, 3.63) is 88.4 Å². The molecule has 5 heteroatoms. The van der Waals surface area contributed by atoms with Crippen molar-refractivity contribution in [3.8, 4) is 0 Å². The van der Waals surface area contributed by atoms with E-state index in [2.05, 4.69) is 15.2 Å². The summed E-state index contributed by atoms with van der Waals surface area (Å²) in [5.41, 5.74) is 3.20. The fourth-order valence-electron chi connectivity index (χ4n) is 1.97. The molecule has 3 rings (SSSR count). The molecule has 0 aliphatic heterocycles. The molecule has 0 heterocycles. The van der Waals surface area contributed by atoms with Gasteiger partial charge in [-0.15, -0.1) is 0 Å². The first-order chi connectivity index (χ1) is 11.7. The highest BCUT2D eigenvalue weighted by molar-refractivity contribution is 6.36. The van der Waals surface area contributed by atoms with E-state index in [4.69, 9.17) is 23.2 Å². The minimum atomic E-state index is 0.569. The average molecular weight is 354 g/mol. The van der Waals surface area contributed by atoms with Gasteiger partial charge < -0.3 is 0 Å². The minimum Gasteiger partial charge on any atom is -0.256 e. The Hall–Kier alpha value is -2.49. The summed E-state index contributed by atoms with van der Waals surface area (Å²) in [4.78, 5) is 4.40. The normalized spacial score (nSPS) is 11.4. The van der Waals surface area contributed by atoms with Crippen molar-refractivity contribution < 1.29 is 0 Å². The first-order valence-electron chi connectivity index (χ1n) is 7.27. The van der Waals surface area contributed by atoms with Crippen LogP contribution < -0.4 is 0 Å². The van der Waals surface area contributed by atoms with Crippen molar-refractivity contribution in [2.75, 3.05) is 0 Å². The molecular formula is C19H13Cl2N3. The number of halogens is 2. The second-order valence-corrected chi connectivity index (χ2v) is 5.82. The van der Waals surface area contributed by atoms with Crippen LogP contribution in [0, 0.1) is 0 Å². The molecule has 0 atom stereocenters. The zero-order valence-electron chi connectivity index (χ0n) is 12.6. The first-order valence-corrected chi connectivity index (χ1v) is 8.02. The third kappa shape index (κ3) is 4.51. The van der Waals surface area contributed by atoms with Gasteiger partial charge in [0.05, 0.1) is 22.1 Å². The van der Waals surface area contributed by atoms with Crippen LogP contribution in [0.2, 0.25) is 10.0 Å². The molecule has 0 saturated carbocycles. The number of hydrogen-bond donors (Lipinski definition) is 0. The van der Waals surface area contributed by atoms with Gasteiger partial charge in [0.15, 0.2) is 0 Å². The topological polar surface area (TPSA) is 37.1 Å². The van der Waals surface area contributed by atoms with Crippen LogP contribution >= 0.6 is 23.2 Å². The highest BCUT2D eigenvalue weighted by atomic mass is 35.5. The number of aliphatic imine (C=N–C) groups is 1. The van der Waals surface area contributed by atoms with E-state index in [9.17, 15) is 0 Å². The van der Waals surface area contributed by atoms with E-state index in [1.165, 1.54) is 0 Å². The predicted octanol–water partition coefficient (Wildman–Crippen LogP) is 7.16. The van der Waals surface area contributed by atoms with Gasteiger partial charge in [-0.3, -0.25) is 4.99 Å². The third-order valence-corrected chi connectivity index (χ3v) is 3.76. The Morgan fingerprint density at radius 2 is 1.29 bits per heavy atom. The zero-order valence-corrected chi connectivity index (χ0v) is 14.1. The second-order valence-electron chi connectivity index (χ2n) is 4.98. The number of rotatable bonds is 4. The quantitative estimate of drug-likeness (QED) is 0.352. The summed E-state index contributed by atoms with van der Waals surface area (Å²) < 4.78 is 0. The van der Waals surface area contributed by atoms with Crippen molar-refractivity contribution in [2.45, 2.75) is 0 Å². The molecule has 0 unspecified atom stereocenters. The van der Waals surface area contributed by atoms with Gasteiger partial charge in [0.2, 0.25) is 0 Å². The summed E-state index contributed by atoms with van der Waals surface area (Å²) >= 11 is 12.0. The van der Waals surface area contributed by atoms with Crippen molar-refractivity contribution >= 4 is 46.5 Å². The van der Waals surface area contributed by atoms with Crippen molar-refractivity contribution in [1.29, 1.82) is 0 Å². The molecule has 0 bridgehead atoms. The molecule has 0 amide bonds. The third-order valence-electron chi connectivity index (χ3n) is 3.20. The van der Waals surface area contributed by atoms with Crippen LogP contribution in [0.15, 0.2) is 88.0 Å². The maximum Gasteiger partial charge on any atom is 0.0858 e. The molecule has 0 spiro atoms. The van der Waals surface area contributed by atoms with E-state index in [0.29, 0.717) is 10.0 Å². The Balaban J connectivity index is 1.70. The fourth-order valence-corrected chi connectivity index (χ4v) is 2.42. The van der Waals surface area contributed by atoms with E-state index in [-0.39, 0.29) is 0 Å². The van der Waals surface area contributed by atoms with E-state index in [1.54, 1.807) is 18.3 Å². The standard InChI is InChI=1S/C19H13Cl2N3/c20-15-7-6-14(19(21)12-15)13-22-16-8-10-18(11-9-16)24-23-17-4-2-1-3-5-17/h1-13H. The predicted molar refractivity (Wildman–Crippen MR) is 101 cm³/mol. The van der Waals surface area contributed by atoms with Gasteiger partial charge in [-0.2, -0.15) is 10.2 Å². The van der Waals surface area contributed by atoms with Crippen molar-refractivity contribution in [1.82, 2.24) is 0 Å². The highest BCUT2D eigenvalue weighted by Crippen LogP contribution is 2.23. The van der Waals surface area contributed by atoms with Gasteiger partial charge in [0.1, 0.15) is 0 Å². The van der Waals surface area contributed by atoms with Gasteiger partial charge in [-0.05, 0) is 48.5 Å². The Bertz CT molecular complexity index is 873. The molecule has 0 saturated heterocycles. The molecule has 0 aliphatic carbocycles. The van der Waals surface area contributed by atoms with Crippen molar-refractivity contribution in [2.24, 2.45) is 15.2 Å². The molecular weight excluding hydrogens is 341 g/mol. The Morgan fingerprint density at radius 1 is 0.667 bits per heavy atom. The van der Waals surface area contributed by atoms with Gasteiger partial charge in [0, 0.05) is 16.8 Å². The molecule has 0 aromatic heterocycles. The smallest absolute Gasteiger partial charge is 0.0858 e. The molecule has 0 N–H and O–H groups in total. The Morgan fingerprint density at radius 3 is 1.96 bits per heavy atom. The number of nitrogens with zero attached hydrogens (tertiary/aromatic N) is 3. The summed E-state index contributed by atoms with van der Waals surface area (Å²) in [5, 5.41) is 9.54. The van der Waals surface area contributed by atoms with Crippen LogP contribution in [-0.4, -0.2) is 6.21 Å². The second kappa shape index (κ2) is 7.86. The van der Waals surface area contributed by atoms with Crippen LogP contribution in [0.3, 0.4) is 0 Å².